The van der Waals surface area contributed by atoms with Gasteiger partial charge >= 0.3 is 0 Å². The highest BCUT2D eigenvalue weighted by Crippen LogP contribution is 2.20. The van der Waals surface area contributed by atoms with Gasteiger partial charge in [0.05, 0.1) is 18.8 Å². The lowest BCUT2D eigenvalue weighted by molar-refractivity contribution is 0.179. The molecular weight excluding hydrogens is 390 g/mol. The van der Waals surface area contributed by atoms with E-state index in [0.717, 1.165) is 42.3 Å². The zero-order valence-corrected chi connectivity index (χ0v) is 19.4. The van der Waals surface area contributed by atoms with E-state index in [-0.39, 0.29) is 6.10 Å². The number of pyridine rings is 1. The fraction of sp³-hybridized carbons (Fsp3) is 0.500. The van der Waals surface area contributed by atoms with Gasteiger partial charge in [-0.3, -0.25) is 0 Å². The van der Waals surface area contributed by atoms with Gasteiger partial charge in [-0.05, 0) is 63.9 Å². The van der Waals surface area contributed by atoms with Crippen molar-refractivity contribution in [2.24, 2.45) is 4.99 Å². The molecule has 31 heavy (non-hydrogen) atoms. The molecule has 170 valence electrons. The van der Waals surface area contributed by atoms with E-state index < -0.39 is 6.10 Å². The number of aliphatic imine (C=N–C) groups is 1. The Balaban J connectivity index is 1.97. The maximum atomic E-state index is 10.6. The van der Waals surface area contributed by atoms with Gasteiger partial charge < -0.3 is 25.4 Å². The Bertz CT molecular complexity index is 804. The van der Waals surface area contributed by atoms with Crippen molar-refractivity contribution in [1.29, 1.82) is 0 Å². The highest BCUT2D eigenvalue weighted by Gasteiger charge is 2.10. The minimum atomic E-state index is -0.672. The molecule has 7 heteroatoms. The molecule has 0 bridgehead atoms. The molecular formula is C24H37N5O2. The predicted octanol–water partition coefficient (Wildman–Crippen LogP) is 3.50. The molecule has 1 heterocycles. The van der Waals surface area contributed by atoms with Crippen molar-refractivity contribution in [3.8, 4) is 5.75 Å². The van der Waals surface area contributed by atoms with Crippen LogP contribution in [0.3, 0.4) is 0 Å². The molecule has 1 aromatic carbocycles. The molecule has 0 spiro atoms. The standard InChI is InChI=1S/C24H37N5O2/c1-6-25-24(27-16-19-12-13-23(26-15-19)29(7-2)8-3)28-17-22(30)20-10-9-11-21(14-20)31-18(4)5/h9-15,18,22,30H,6-8,16-17H2,1-5H3,(H2,25,27,28). The van der Waals surface area contributed by atoms with Gasteiger partial charge in [0.2, 0.25) is 0 Å². The molecule has 0 fully saturated rings. The van der Waals surface area contributed by atoms with Gasteiger partial charge in [-0.2, -0.15) is 0 Å². The molecule has 2 rings (SSSR count). The summed E-state index contributed by atoms with van der Waals surface area (Å²) < 4.78 is 5.72. The number of aliphatic hydroxyl groups is 1. The Morgan fingerprint density at radius 1 is 1.13 bits per heavy atom. The average molecular weight is 428 g/mol. The summed E-state index contributed by atoms with van der Waals surface area (Å²) >= 11 is 0. The lowest BCUT2D eigenvalue weighted by Gasteiger charge is -2.19. The number of hydrogen-bond donors (Lipinski definition) is 3. The lowest BCUT2D eigenvalue weighted by atomic mass is 10.1. The van der Waals surface area contributed by atoms with Gasteiger partial charge in [-0.1, -0.05) is 18.2 Å². The first kappa shape index (κ1) is 24.5. The van der Waals surface area contributed by atoms with Gasteiger partial charge in [0.15, 0.2) is 5.96 Å². The summed E-state index contributed by atoms with van der Waals surface area (Å²) in [6, 6.07) is 11.7. The molecule has 2 aromatic rings. The summed E-state index contributed by atoms with van der Waals surface area (Å²) in [5.74, 6) is 2.39. The number of ether oxygens (including phenoxy) is 1. The van der Waals surface area contributed by atoms with Crippen LogP contribution in [0.2, 0.25) is 0 Å². The number of anilines is 1. The van der Waals surface area contributed by atoms with Crippen LogP contribution in [-0.2, 0) is 6.54 Å². The molecule has 1 atom stereocenters. The lowest BCUT2D eigenvalue weighted by Crippen LogP contribution is -2.39. The van der Waals surface area contributed by atoms with E-state index in [0.29, 0.717) is 19.0 Å². The molecule has 0 saturated heterocycles. The largest absolute Gasteiger partial charge is 0.491 e. The number of aliphatic hydroxyl groups excluding tert-OH is 1. The van der Waals surface area contributed by atoms with Gasteiger partial charge in [-0.15, -0.1) is 0 Å². The van der Waals surface area contributed by atoms with Gasteiger partial charge in [0, 0.05) is 32.4 Å². The molecule has 0 radical (unpaired) electrons. The highest BCUT2D eigenvalue weighted by molar-refractivity contribution is 5.79. The monoisotopic (exact) mass is 427 g/mol. The zero-order chi connectivity index (χ0) is 22.6. The number of guanidine groups is 1. The minimum absolute atomic E-state index is 0.0913. The SMILES string of the molecule is CCNC(=NCc1ccc(N(CC)CC)nc1)NCC(O)c1cccc(OC(C)C)c1. The summed E-state index contributed by atoms with van der Waals surface area (Å²) in [7, 11) is 0. The number of nitrogens with zero attached hydrogens (tertiary/aromatic N) is 3. The second kappa shape index (κ2) is 12.8. The van der Waals surface area contributed by atoms with Crippen molar-refractivity contribution in [3.63, 3.8) is 0 Å². The summed E-state index contributed by atoms with van der Waals surface area (Å²) in [6.45, 7) is 13.7. The van der Waals surface area contributed by atoms with Crippen LogP contribution in [0.15, 0.2) is 47.6 Å². The normalized spacial score (nSPS) is 12.5. The van der Waals surface area contributed by atoms with Crippen molar-refractivity contribution in [2.45, 2.75) is 53.4 Å². The third-order valence-electron chi connectivity index (χ3n) is 4.74. The second-order valence-electron chi connectivity index (χ2n) is 7.53. The molecule has 7 nitrogen and oxygen atoms in total. The Kier molecular flexibility index (Phi) is 10.1. The van der Waals surface area contributed by atoms with E-state index in [1.54, 1.807) is 0 Å². The van der Waals surface area contributed by atoms with Crippen molar-refractivity contribution in [3.05, 3.63) is 53.7 Å². The zero-order valence-electron chi connectivity index (χ0n) is 19.4. The molecule has 0 aliphatic rings. The van der Waals surface area contributed by atoms with E-state index in [9.17, 15) is 5.11 Å². The van der Waals surface area contributed by atoms with Crippen LogP contribution in [0.1, 0.15) is 51.8 Å². The van der Waals surface area contributed by atoms with E-state index >= 15 is 0 Å². The quantitative estimate of drug-likeness (QED) is 0.376. The van der Waals surface area contributed by atoms with E-state index in [2.05, 4.69) is 45.4 Å². The Morgan fingerprint density at radius 3 is 2.52 bits per heavy atom. The first-order valence-electron chi connectivity index (χ1n) is 11.1. The predicted molar refractivity (Wildman–Crippen MR) is 128 cm³/mol. The van der Waals surface area contributed by atoms with Crippen molar-refractivity contribution >= 4 is 11.8 Å². The van der Waals surface area contributed by atoms with Crippen LogP contribution in [0, 0.1) is 0 Å². The molecule has 1 unspecified atom stereocenters. The van der Waals surface area contributed by atoms with Gasteiger partial charge in [0.1, 0.15) is 11.6 Å². The van der Waals surface area contributed by atoms with E-state index in [4.69, 9.17) is 4.74 Å². The number of nitrogens with one attached hydrogen (secondary N) is 2. The maximum Gasteiger partial charge on any atom is 0.191 e. The van der Waals surface area contributed by atoms with Crippen molar-refractivity contribution in [1.82, 2.24) is 15.6 Å². The van der Waals surface area contributed by atoms with Crippen LogP contribution in [0.5, 0.6) is 5.75 Å². The van der Waals surface area contributed by atoms with E-state index in [1.165, 1.54) is 0 Å². The first-order valence-corrected chi connectivity index (χ1v) is 11.1. The average Bonchev–Trinajstić information content (AvgIpc) is 2.77. The maximum absolute atomic E-state index is 10.6. The van der Waals surface area contributed by atoms with Crippen LogP contribution >= 0.6 is 0 Å². The van der Waals surface area contributed by atoms with Gasteiger partial charge in [-0.25, -0.2) is 9.98 Å². The van der Waals surface area contributed by atoms with Crippen LogP contribution < -0.4 is 20.3 Å². The number of rotatable bonds is 11. The Morgan fingerprint density at radius 2 is 1.90 bits per heavy atom. The molecule has 0 aliphatic heterocycles. The molecule has 0 saturated carbocycles. The summed E-state index contributed by atoms with van der Waals surface area (Å²) in [4.78, 5) is 11.4. The molecule has 1 aromatic heterocycles. The van der Waals surface area contributed by atoms with Crippen LogP contribution in [0.25, 0.3) is 0 Å². The highest BCUT2D eigenvalue weighted by atomic mass is 16.5. The third kappa shape index (κ3) is 8.09. The summed E-state index contributed by atoms with van der Waals surface area (Å²) in [6.07, 6.45) is 1.29. The smallest absolute Gasteiger partial charge is 0.191 e. The number of aromatic nitrogens is 1. The Hall–Kier alpha value is -2.80. The Labute approximate surface area is 186 Å². The fourth-order valence-corrected chi connectivity index (χ4v) is 3.14. The summed E-state index contributed by atoms with van der Waals surface area (Å²) in [5, 5.41) is 17.0. The van der Waals surface area contributed by atoms with Crippen molar-refractivity contribution in [2.75, 3.05) is 31.1 Å². The topological polar surface area (TPSA) is 82.0 Å². The van der Waals surface area contributed by atoms with Crippen molar-refractivity contribution < 1.29 is 9.84 Å². The molecule has 0 aliphatic carbocycles. The number of benzene rings is 1. The molecule has 3 N–H and O–H groups in total. The minimum Gasteiger partial charge on any atom is -0.491 e. The van der Waals surface area contributed by atoms with Crippen LogP contribution in [0.4, 0.5) is 5.82 Å². The number of hydrogen-bond acceptors (Lipinski definition) is 5. The fourth-order valence-electron chi connectivity index (χ4n) is 3.14. The first-order chi connectivity index (χ1) is 15.0. The second-order valence-corrected chi connectivity index (χ2v) is 7.53. The summed E-state index contributed by atoms with van der Waals surface area (Å²) in [5.41, 5.74) is 1.84. The van der Waals surface area contributed by atoms with Gasteiger partial charge in [0.25, 0.3) is 0 Å². The molecule has 0 amide bonds. The van der Waals surface area contributed by atoms with Crippen LogP contribution in [-0.4, -0.2) is 48.3 Å². The van der Waals surface area contributed by atoms with E-state index in [1.807, 2.05) is 57.3 Å². The third-order valence-corrected chi connectivity index (χ3v) is 4.74.